The van der Waals surface area contributed by atoms with Gasteiger partial charge < -0.3 is 9.64 Å². The summed E-state index contributed by atoms with van der Waals surface area (Å²) in [5.41, 5.74) is 3.19. The Hall–Kier alpha value is -3.78. The molecular formula is C26H27FN6O. The Kier molecular flexibility index (Phi) is 6.49. The molecule has 1 saturated heterocycles. The molecule has 3 aromatic carbocycles. The lowest BCUT2D eigenvalue weighted by molar-refractivity contribution is 0.198. The van der Waals surface area contributed by atoms with Crippen molar-refractivity contribution in [3.8, 4) is 5.75 Å². The van der Waals surface area contributed by atoms with Crippen molar-refractivity contribution in [2.24, 2.45) is 0 Å². The minimum Gasteiger partial charge on any atom is -0.496 e. The molecule has 1 aromatic heterocycles. The normalized spacial score (nSPS) is 15.3. The molecule has 174 valence electrons. The van der Waals surface area contributed by atoms with E-state index in [1.54, 1.807) is 23.9 Å². The van der Waals surface area contributed by atoms with Gasteiger partial charge in [-0.3, -0.25) is 4.90 Å². The van der Waals surface area contributed by atoms with Gasteiger partial charge in [0.05, 0.1) is 13.7 Å². The van der Waals surface area contributed by atoms with Gasteiger partial charge in [0.1, 0.15) is 17.6 Å². The highest BCUT2D eigenvalue weighted by Gasteiger charge is 2.32. The van der Waals surface area contributed by atoms with Crippen LogP contribution in [0.4, 0.5) is 10.1 Å². The van der Waals surface area contributed by atoms with Crippen molar-refractivity contribution in [1.82, 2.24) is 25.1 Å². The third kappa shape index (κ3) is 4.63. The predicted octanol–water partition coefficient (Wildman–Crippen LogP) is 3.78. The summed E-state index contributed by atoms with van der Waals surface area (Å²) in [5.74, 6) is 1.28. The van der Waals surface area contributed by atoms with E-state index in [4.69, 9.17) is 4.74 Å². The van der Waals surface area contributed by atoms with Gasteiger partial charge in [0.15, 0.2) is 5.82 Å². The molecule has 0 N–H and O–H groups in total. The van der Waals surface area contributed by atoms with Crippen LogP contribution in [0.2, 0.25) is 0 Å². The highest BCUT2D eigenvalue weighted by molar-refractivity contribution is 5.46. The Bertz CT molecular complexity index is 1210. The number of ether oxygens (including phenoxy) is 1. The first-order chi connectivity index (χ1) is 16.7. The van der Waals surface area contributed by atoms with E-state index < -0.39 is 0 Å². The molecule has 0 spiro atoms. The second-order valence-corrected chi connectivity index (χ2v) is 8.32. The topological polar surface area (TPSA) is 59.3 Å². The molecule has 0 saturated carbocycles. The molecule has 0 radical (unpaired) electrons. The van der Waals surface area contributed by atoms with Gasteiger partial charge in [-0.05, 0) is 46.3 Å². The quantitative estimate of drug-likeness (QED) is 0.420. The van der Waals surface area contributed by atoms with Gasteiger partial charge in [-0.2, -0.15) is 0 Å². The Labute approximate surface area is 198 Å². The molecule has 1 aliphatic heterocycles. The number of tetrazole rings is 1. The number of nitrogens with zero attached hydrogens (tertiary/aromatic N) is 6. The molecule has 1 aliphatic rings. The van der Waals surface area contributed by atoms with Gasteiger partial charge >= 0.3 is 0 Å². The van der Waals surface area contributed by atoms with Crippen LogP contribution >= 0.6 is 0 Å². The minimum absolute atomic E-state index is 0.176. The van der Waals surface area contributed by atoms with Crippen molar-refractivity contribution >= 4 is 5.69 Å². The Morgan fingerprint density at radius 1 is 0.882 bits per heavy atom. The average Bonchev–Trinajstić information content (AvgIpc) is 3.34. The number of benzene rings is 3. The number of hydrogen-bond donors (Lipinski definition) is 0. The van der Waals surface area contributed by atoms with Gasteiger partial charge in [-0.15, -0.1) is 5.10 Å². The fraction of sp³-hybridized carbons (Fsp3) is 0.269. The van der Waals surface area contributed by atoms with Crippen molar-refractivity contribution in [2.45, 2.75) is 12.6 Å². The van der Waals surface area contributed by atoms with Crippen LogP contribution in [0.3, 0.4) is 0 Å². The second kappa shape index (κ2) is 10.0. The zero-order valence-corrected chi connectivity index (χ0v) is 19.1. The molecule has 4 aromatic rings. The van der Waals surface area contributed by atoms with E-state index >= 15 is 0 Å². The lowest BCUT2D eigenvalue weighted by Crippen LogP contribution is -2.48. The average molecular weight is 459 g/mol. The standard InChI is InChI=1S/C26H27FN6O/c1-34-24-10-6-5-9-23(24)25(32-17-15-31(16-18-32)22-7-3-2-4-8-22)26-28-29-30-33(26)19-20-11-13-21(27)14-12-20/h2-14,25H,15-19H2,1H3/t25-/m0/s1. The first kappa shape index (κ1) is 22.0. The zero-order chi connectivity index (χ0) is 23.3. The summed E-state index contributed by atoms with van der Waals surface area (Å²) < 4.78 is 20.9. The fourth-order valence-electron chi connectivity index (χ4n) is 4.55. The lowest BCUT2D eigenvalue weighted by atomic mass is 10.0. The van der Waals surface area contributed by atoms with Gasteiger partial charge in [-0.25, -0.2) is 9.07 Å². The summed E-state index contributed by atoms with van der Waals surface area (Å²) in [4.78, 5) is 4.81. The summed E-state index contributed by atoms with van der Waals surface area (Å²) in [6.07, 6.45) is 0. The van der Waals surface area contributed by atoms with E-state index in [-0.39, 0.29) is 11.9 Å². The third-order valence-corrected chi connectivity index (χ3v) is 6.28. The number of anilines is 1. The zero-order valence-electron chi connectivity index (χ0n) is 19.1. The maximum Gasteiger partial charge on any atom is 0.173 e. The van der Waals surface area contributed by atoms with Crippen molar-refractivity contribution < 1.29 is 9.13 Å². The van der Waals surface area contributed by atoms with Crippen LogP contribution in [0.25, 0.3) is 0 Å². The van der Waals surface area contributed by atoms with Crippen molar-refractivity contribution in [3.05, 3.63) is 102 Å². The number of methoxy groups -OCH3 is 1. The molecule has 8 heteroatoms. The van der Waals surface area contributed by atoms with Crippen LogP contribution in [0.15, 0.2) is 78.9 Å². The summed E-state index contributed by atoms with van der Waals surface area (Å²) >= 11 is 0. The maximum absolute atomic E-state index is 13.4. The van der Waals surface area contributed by atoms with Gasteiger partial charge in [0.2, 0.25) is 0 Å². The van der Waals surface area contributed by atoms with Crippen LogP contribution in [0.1, 0.15) is 23.0 Å². The van der Waals surface area contributed by atoms with E-state index in [1.807, 2.05) is 24.3 Å². The molecule has 1 fully saturated rings. The van der Waals surface area contributed by atoms with E-state index in [0.29, 0.717) is 6.54 Å². The molecule has 7 nitrogen and oxygen atoms in total. The van der Waals surface area contributed by atoms with Crippen molar-refractivity contribution in [3.63, 3.8) is 0 Å². The Morgan fingerprint density at radius 2 is 1.59 bits per heavy atom. The SMILES string of the molecule is COc1ccccc1[C@@H](c1nnnn1Cc1ccc(F)cc1)N1CCN(c2ccccc2)CC1. The van der Waals surface area contributed by atoms with Crippen LogP contribution in [0.5, 0.6) is 5.75 Å². The summed E-state index contributed by atoms with van der Waals surface area (Å²) in [5, 5.41) is 12.7. The summed E-state index contributed by atoms with van der Waals surface area (Å²) in [7, 11) is 1.69. The molecule has 5 rings (SSSR count). The van der Waals surface area contributed by atoms with Crippen molar-refractivity contribution in [2.75, 3.05) is 38.2 Å². The largest absolute Gasteiger partial charge is 0.496 e. The number of rotatable bonds is 7. The minimum atomic E-state index is -0.260. The van der Waals surface area contributed by atoms with Crippen LogP contribution in [-0.4, -0.2) is 58.4 Å². The molecule has 0 bridgehead atoms. The van der Waals surface area contributed by atoms with Crippen LogP contribution < -0.4 is 9.64 Å². The van der Waals surface area contributed by atoms with Crippen LogP contribution in [-0.2, 0) is 6.54 Å². The monoisotopic (exact) mass is 458 g/mol. The van der Waals surface area contributed by atoms with Crippen LogP contribution in [0, 0.1) is 5.82 Å². The number of halogens is 1. The second-order valence-electron chi connectivity index (χ2n) is 8.32. The molecule has 0 aliphatic carbocycles. The molecule has 1 atom stereocenters. The highest BCUT2D eigenvalue weighted by Crippen LogP contribution is 2.34. The maximum atomic E-state index is 13.4. The first-order valence-corrected chi connectivity index (χ1v) is 11.4. The molecule has 0 amide bonds. The number of para-hydroxylation sites is 2. The Balaban J connectivity index is 1.46. The third-order valence-electron chi connectivity index (χ3n) is 6.28. The molecule has 0 unspecified atom stereocenters. The summed E-state index contributed by atoms with van der Waals surface area (Å²) in [6, 6.07) is 24.8. The summed E-state index contributed by atoms with van der Waals surface area (Å²) in [6.45, 7) is 3.95. The van der Waals surface area contributed by atoms with Crippen molar-refractivity contribution in [1.29, 1.82) is 0 Å². The van der Waals surface area contributed by atoms with E-state index in [1.165, 1.54) is 17.8 Å². The molecule has 34 heavy (non-hydrogen) atoms. The number of aromatic nitrogens is 4. The van der Waals surface area contributed by atoms with E-state index in [2.05, 4.69) is 55.7 Å². The van der Waals surface area contributed by atoms with Gasteiger partial charge in [0, 0.05) is 37.4 Å². The number of hydrogen-bond acceptors (Lipinski definition) is 6. The van der Waals surface area contributed by atoms with Gasteiger partial charge in [0.25, 0.3) is 0 Å². The Morgan fingerprint density at radius 3 is 2.32 bits per heavy atom. The molecule has 2 heterocycles. The number of piperazine rings is 1. The first-order valence-electron chi connectivity index (χ1n) is 11.4. The predicted molar refractivity (Wildman–Crippen MR) is 128 cm³/mol. The van der Waals surface area contributed by atoms with E-state index in [0.717, 1.165) is 48.9 Å². The smallest absolute Gasteiger partial charge is 0.173 e. The highest BCUT2D eigenvalue weighted by atomic mass is 19.1. The van der Waals surface area contributed by atoms with Gasteiger partial charge in [-0.1, -0.05) is 48.5 Å². The van der Waals surface area contributed by atoms with E-state index in [9.17, 15) is 4.39 Å². The lowest BCUT2D eigenvalue weighted by Gasteiger charge is -2.40. The molecular weight excluding hydrogens is 431 g/mol. The fourth-order valence-corrected chi connectivity index (χ4v) is 4.55.